The Hall–Kier alpha value is -14.9. The molecule has 0 aliphatic carbocycles. The smallest absolute Gasteiger partial charge is 0.164 e. The third-order valence-electron chi connectivity index (χ3n) is 23.6. The van der Waals surface area contributed by atoms with Crippen LogP contribution in [0.2, 0.25) is 0 Å². The van der Waals surface area contributed by atoms with Gasteiger partial charge in [-0.05, 0) is 387 Å². The zero-order valence-corrected chi connectivity index (χ0v) is 79.7. The molecule has 0 unspecified atom stereocenters. The van der Waals surface area contributed by atoms with Crippen molar-refractivity contribution >= 4 is 0 Å². The number of aromatic nitrogens is 12. The molecule has 0 saturated heterocycles. The summed E-state index contributed by atoms with van der Waals surface area (Å²) in [6.45, 7) is 25.6. The molecule has 138 heavy (non-hydrogen) atoms. The molecule has 0 spiro atoms. The van der Waals surface area contributed by atoms with Gasteiger partial charge in [0.15, 0.2) is 11.6 Å². The summed E-state index contributed by atoms with van der Waals surface area (Å²) in [6, 6.07) is 86.6. The lowest BCUT2D eigenvalue weighted by atomic mass is 10.0. The Balaban J connectivity index is 0.000000140. The van der Waals surface area contributed by atoms with Crippen LogP contribution in [0.25, 0.3) is 34.1 Å². The molecular weight excluding hydrogens is 1760 g/mol. The second kappa shape index (κ2) is 47.1. The fourth-order valence-electron chi connectivity index (χ4n) is 16.5. The minimum absolute atomic E-state index is 0.106. The molecular formula is C115H111F11N12. The van der Waals surface area contributed by atoms with Gasteiger partial charge in [-0.1, -0.05) is 121 Å². The van der Waals surface area contributed by atoms with Gasteiger partial charge in [-0.15, -0.1) is 0 Å². The van der Waals surface area contributed by atoms with Crippen molar-refractivity contribution in [3.8, 4) is 34.1 Å². The van der Waals surface area contributed by atoms with Gasteiger partial charge in [0, 0.05) is 56.4 Å². The van der Waals surface area contributed by atoms with Crippen LogP contribution in [0, 0.1) is 154 Å². The molecule has 6 aromatic heterocycles. The average molecular weight is 1870 g/mol. The first-order valence-corrected chi connectivity index (χ1v) is 45.9. The number of hydrogen-bond acceptors (Lipinski definition) is 6. The fourth-order valence-corrected chi connectivity index (χ4v) is 16.5. The van der Waals surface area contributed by atoms with E-state index in [0.29, 0.717) is 63.4 Å². The van der Waals surface area contributed by atoms with Crippen LogP contribution in [-0.4, -0.2) is 58.7 Å². The molecule has 0 amide bonds. The van der Waals surface area contributed by atoms with E-state index < -0.39 is 52.4 Å². The summed E-state index contributed by atoms with van der Waals surface area (Å²) in [4.78, 5) is 0. The van der Waals surface area contributed by atoms with E-state index in [1.54, 1.807) is 19.1 Å². The first-order valence-electron chi connectivity index (χ1n) is 45.9. The molecule has 0 saturated carbocycles. The molecule has 12 nitrogen and oxygen atoms in total. The Morgan fingerprint density at radius 1 is 0.174 bits per heavy atom. The number of halogens is 11. The van der Waals surface area contributed by atoms with Crippen molar-refractivity contribution in [2.45, 2.75) is 167 Å². The van der Waals surface area contributed by atoms with Gasteiger partial charge in [0.1, 0.15) is 52.4 Å². The predicted octanol–water partition coefficient (Wildman–Crippen LogP) is 27.5. The van der Waals surface area contributed by atoms with Crippen LogP contribution in [0.5, 0.6) is 0 Å². The molecule has 18 aromatic rings. The molecule has 0 N–H and O–H groups in total. The van der Waals surface area contributed by atoms with Crippen LogP contribution in [0.3, 0.4) is 0 Å². The number of rotatable bonds is 24. The molecule has 708 valence electrons. The van der Waals surface area contributed by atoms with Gasteiger partial charge >= 0.3 is 0 Å². The average Bonchev–Trinajstić information content (AvgIpc) is 1.41. The Labute approximate surface area is 799 Å². The van der Waals surface area contributed by atoms with Gasteiger partial charge in [-0.3, -0.25) is 0 Å². The quantitative estimate of drug-likeness (QED) is 0.0441. The van der Waals surface area contributed by atoms with Crippen LogP contribution >= 0.6 is 0 Å². The third-order valence-corrected chi connectivity index (χ3v) is 23.6. The summed E-state index contributed by atoms with van der Waals surface area (Å²) in [5.41, 5.74) is 27.2. The maximum atomic E-state index is 13.9. The van der Waals surface area contributed by atoms with E-state index in [1.165, 1.54) is 71.8 Å². The Bertz CT molecular complexity index is 6770. The lowest BCUT2D eigenvalue weighted by Crippen LogP contribution is -2.02. The Kier molecular flexibility index (Phi) is 34.3. The predicted molar refractivity (Wildman–Crippen MR) is 526 cm³/mol. The summed E-state index contributed by atoms with van der Waals surface area (Å²) in [6.07, 6.45) is 6.43. The number of nitrogens with zero attached hydrogens (tertiary/aromatic N) is 12. The number of benzene rings is 12. The molecule has 0 radical (unpaired) electrons. The summed E-state index contributed by atoms with van der Waals surface area (Å²) in [5, 5.41) is 26.7. The van der Waals surface area contributed by atoms with Gasteiger partial charge in [-0.2, -0.15) is 30.6 Å². The first-order chi connectivity index (χ1) is 66.2. The van der Waals surface area contributed by atoms with Crippen LogP contribution in [-0.2, 0) is 77.0 Å². The maximum Gasteiger partial charge on any atom is 0.164 e. The Morgan fingerprint density at radius 3 is 0.594 bits per heavy atom. The standard InChI is InChI=1S/C20H20F2N2.C19H17F3N2.2C19H18F2N2.2C19H19FN2/c1-13-10-19(21)18(20(22)11-13)9-6-16-4-7-17(8-5-16)24-15(3)12-14(2)23-24;1-12-11-13(2)24(23-12)15-6-3-14(4-7-15)5-8-16-17(20)9-10-18(21)19(16)22;2*1-13-12-14(2)23(22-13)16-9-6-15(7-10-16)8-11-17-18(20)4-3-5-19(17)21;2*1-14-13-15(2)22(21-14)18-11-8-16(9-12-18)7-10-17-5-3-4-6-19(17)20/h4-5,7-8,10-12H,6,9H2,1-3H3;3-4,6-7,9-11H,5,8H2,1-2H3;2*3-7,9-10,12H,8,11H2,1-2H3;2*3-6,8-9,11-13H,7,10H2,1-2H3. The van der Waals surface area contributed by atoms with Gasteiger partial charge < -0.3 is 0 Å². The maximum absolute atomic E-state index is 13.9. The summed E-state index contributed by atoms with van der Waals surface area (Å²) in [7, 11) is 0. The van der Waals surface area contributed by atoms with Crippen molar-refractivity contribution in [3.05, 3.63) is 496 Å². The van der Waals surface area contributed by atoms with Crippen LogP contribution in [0.1, 0.15) is 141 Å². The largest absolute Gasteiger partial charge is 0.238 e. The zero-order valence-electron chi connectivity index (χ0n) is 79.7. The lowest BCUT2D eigenvalue weighted by Gasteiger charge is -2.08. The van der Waals surface area contributed by atoms with Gasteiger partial charge in [0.05, 0.1) is 68.3 Å². The van der Waals surface area contributed by atoms with Crippen molar-refractivity contribution in [3.63, 3.8) is 0 Å². The monoisotopic (exact) mass is 1870 g/mol. The minimum atomic E-state index is -1.10. The van der Waals surface area contributed by atoms with Crippen LogP contribution in [0.15, 0.2) is 291 Å². The van der Waals surface area contributed by atoms with E-state index >= 15 is 0 Å². The minimum Gasteiger partial charge on any atom is -0.238 e. The van der Waals surface area contributed by atoms with E-state index in [4.69, 9.17) is 0 Å². The Morgan fingerprint density at radius 2 is 0.370 bits per heavy atom. The second-order valence-electron chi connectivity index (χ2n) is 34.6. The van der Waals surface area contributed by atoms with Crippen molar-refractivity contribution in [1.29, 1.82) is 0 Å². The summed E-state index contributed by atoms with van der Waals surface area (Å²) < 4.78 is 161. The molecule has 0 aliphatic rings. The highest BCUT2D eigenvalue weighted by Crippen LogP contribution is 2.27. The molecule has 6 heterocycles. The number of hydrogen-bond donors (Lipinski definition) is 0. The van der Waals surface area contributed by atoms with Gasteiger partial charge in [0.2, 0.25) is 0 Å². The molecule has 0 bridgehead atoms. The van der Waals surface area contributed by atoms with Crippen molar-refractivity contribution in [2.24, 2.45) is 0 Å². The molecule has 23 heteroatoms. The molecule has 0 fully saturated rings. The highest BCUT2D eigenvalue weighted by molar-refractivity contribution is 5.44. The lowest BCUT2D eigenvalue weighted by molar-refractivity contribution is 0.479. The molecule has 0 aliphatic heterocycles. The van der Waals surface area contributed by atoms with Crippen molar-refractivity contribution in [1.82, 2.24) is 58.7 Å². The summed E-state index contributed by atoms with van der Waals surface area (Å²) >= 11 is 0. The third kappa shape index (κ3) is 27.1. The van der Waals surface area contributed by atoms with Crippen LogP contribution in [0.4, 0.5) is 48.3 Å². The highest BCUT2D eigenvalue weighted by Gasteiger charge is 2.19. The van der Waals surface area contributed by atoms with Crippen molar-refractivity contribution < 1.29 is 48.3 Å². The van der Waals surface area contributed by atoms with Gasteiger partial charge in [-0.25, -0.2) is 76.4 Å². The zero-order chi connectivity index (χ0) is 98.4. The molecule has 0 atom stereocenters. The fraction of sp³-hybridized carbons (Fsp3) is 0.217. The van der Waals surface area contributed by atoms with Crippen molar-refractivity contribution in [2.75, 3.05) is 0 Å². The molecule has 18 rings (SSSR count). The van der Waals surface area contributed by atoms with E-state index in [-0.39, 0.29) is 40.3 Å². The second-order valence-corrected chi connectivity index (χ2v) is 34.6. The summed E-state index contributed by atoms with van der Waals surface area (Å²) in [5.74, 6) is -5.95. The van der Waals surface area contributed by atoms with Crippen LogP contribution < -0.4 is 0 Å². The SMILES string of the molecule is Cc1cc(C)n(-c2ccc(CCc3c(F)ccc(F)c3F)cc2)n1.Cc1cc(C)n(-c2ccc(CCc3c(F)cccc3F)cc2)n1.Cc1cc(C)n(-c2ccc(CCc3c(F)cccc3F)cc2)n1.Cc1cc(C)n(-c2ccc(CCc3ccccc3F)cc2)n1.Cc1cc(C)n(-c2ccc(CCc3ccccc3F)cc2)n1.Cc1cc(F)c(CCc2ccc(-n3nc(C)cc3C)cc2)c(F)c1. The first kappa shape index (κ1) is 101. The van der Waals surface area contributed by atoms with E-state index in [0.717, 1.165) is 161 Å². The molecule has 12 aromatic carbocycles. The van der Waals surface area contributed by atoms with Gasteiger partial charge in [0.25, 0.3) is 0 Å². The highest BCUT2D eigenvalue weighted by atomic mass is 19.2. The number of aryl methyl sites for hydroxylation is 21. The topological polar surface area (TPSA) is 107 Å². The van der Waals surface area contributed by atoms with E-state index in [9.17, 15) is 48.3 Å². The van der Waals surface area contributed by atoms with E-state index in [2.05, 4.69) is 91.3 Å². The van der Waals surface area contributed by atoms with E-state index in [1.807, 2.05) is 257 Å². The normalized spacial score (nSPS) is 11.0.